The number of carbonyl (C=O) groups is 1. The van der Waals surface area contributed by atoms with E-state index in [2.05, 4.69) is 20.7 Å². The van der Waals surface area contributed by atoms with E-state index >= 15 is 0 Å². The zero-order valence-corrected chi connectivity index (χ0v) is 13.4. The first-order valence-electron chi connectivity index (χ1n) is 5.92. The van der Waals surface area contributed by atoms with E-state index in [0.29, 0.717) is 5.56 Å². The van der Waals surface area contributed by atoms with Gasteiger partial charge < -0.3 is 5.11 Å². The molecule has 0 radical (unpaired) electrons. The van der Waals surface area contributed by atoms with E-state index in [1.807, 2.05) is 0 Å². The maximum absolute atomic E-state index is 12.3. The molecule has 0 bridgehead atoms. The second kappa shape index (κ2) is 5.87. The van der Waals surface area contributed by atoms with Crippen LogP contribution in [0.2, 0.25) is 0 Å². The van der Waals surface area contributed by atoms with Gasteiger partial charge in [0.15, 0.2) is 0 Å². The van der Waals surface area contributed by atoms with Crippen molar-refractivity contribution in [3.8, 4) is 0 Å². The molecule has 2 aromatic rings. The normalized spacial score (nSPS) is 11.1. The van der Waals surface area contributed by atoms with Crippen molar-refractivity contribution in [2.24, 2.45) is 0 Å². The maximum Gasteiger partial charge on any atom is 0.338 e. The maximum atomic E-state index is 12.3. The first kappa shape index (κ1) is 15.5. The number of benzene rings is 2. The number of anilines is 1. The second-order valence-electron chi connectivity index (χ2n) is 4.36. The molecule has 0 aromatic heterocycles. The standard InChI is InChI=1S/C14H12BrNO4S/c1-9-3-2-4-12(13(9)14(17)18)16-21(19,20)11-7-5-10(15)6-8-11/h2-8,16H,1H3,(H,17,18). The van der Waals surface area contributed by atoms with Gasteiger partial charge in [-0.25, -0.2) is 13.2 Å². The number of aryl methyl sites for hydroxylation is 1. The van der Waals surface area contributed by atoms with Crippen LogP contribution in [0.25, 0.3) is 0 Å². The molecule has 0 spiro atoms. The Labute approximate surface area is 130 Å². The van der Waals surface area contributed by atoms with Crippen LogP contribution in [0.3, 0.4) is 0 Å². The van der Waals surface area contributed by atoms with Gasteiger partial charge >= 0.3 is 5.97 Å². The van der Waals surface area contributed by atoms with Crippen molar-refractivity contribution in [1.29, 1.82) is 0 Å². The molecule has 0 fully saturated rings. The lowest BCUT2D eigenvalue weighted by atomic mass is 10.1. The number of hydrogen-bond donors (Lipinski definition) is 2. The lowest BCUT2D eigenvalue weighted by Gasteiger charge is -2.12. The third kappa shape index (κ3) is 3.43. The van der Waals surface area contributed by atoms with Gasteiger partial charge in [0.1, 0.15) is 0 Å². The van der Waals surface area contributed by atoms with E-state index in [4.69, 9.17) is 0 Å². The molecule has 0 aliphatic rings. The van der Waals surface area contributed by atoms with Gasteiger partial charge in [-0.2, -0.15) is 0 Å². The molecule has 7 heteroatoms. The van der Waals surface area contributed by atoms with Gasteiger partial charge in [-0.1, -0.05) is 28.1 Å². The smallest absolute Gasteiger partial charge is 0.338 e. The summed E-state index contributed by atoms with van der Waals surface area (Å²) in [6, 6.07) is 10.7. The van der Waals surface area contributed by atoms with Crippen molar-refractivity contribution in [2.75, 3.05) is 4.72 Å². The molecule has 110 valence electrons. The van der Waals surface area contributed by atoms with Crippen LogP contribution in [0, 0.1) is 6.92 Å². The van der Waals surface area contributed by atoms with E-state index in [-0.39, 0.29) is 16.1 Å². The fourth-order valence-corrected chi connectivity index (χ4v) is 3.19. The average molecular weight is 370 g/mol. The molecule has 0 aliphatic heterocycles. The highest BCUT2D eigenvalue weighted by molar-refractivity contribution is 9.10. The zero-order chi connectivity index (χ0) is 15.6. The van der Waals surface area contributed by atoms with Gasteiger partial charge in [0.2, 0.25) is 0 Å². The van der Waals surface area contributed by atoms with Gasteiger partial charge in [0.05, 0.1) is 16.1 Å². The SMILES string of the molecule is Cc1cccc(NS(=O)(=O)c2ccc(Br)cc2)c1C(=O)O. The Morgan fingerprint density at radius 3 is 2.33 bits per heavy atom. The van der Waals surface area contributed by atoms with Gasteiger partial charge in [-0.05, 0) is 42.8 Å². The lowest BCUT2D eigenvalue weighted by Crippen LogP contribution is -2.16. The highest BCUT2D eigenvalue weighted by Gasteiger charge is 2.19. The molecule has 21 heavy (non-hydrogen) atoms. The first-order chi connectivity index (χ1) is 9.81. The van der Waals surface area contributed by atoms with Crippen molar-refractivity contribution < 1.29 is 18.3 Å². The predicted octanol–water partition coefficient (Wildman–Crippen LogP) is 3.26. The Kier molecular flexibility index (Phi) is 4.34. The third-order valence-corrected chi connectivity index (χ3v) is 4.76. The number of hydrogen-bond acceptors (Lipinski definition) is 3. The van der Waals surface area contributed by atoms with Crippen molar-refractivity contribution in [1.82, 2.24) is 0 Å². The van der Waals surface area contributed by atoms with E-state index in [9.17, 15) is 18.3 Å². The number of sulfonamides is 1. The van der Waals surface area contributed by atoms with E-state index in [0.717, 1.165) is 4.47 Å². The Morgan fingerprint density at radius 2 is 1.76 bits per heavy atom. The van der Waals surface area contributed by atoms with Crippen LogP contribution in [-0.2, 0) is 10.0 Å². The summed E-state index contributed by atoms with van der Waals surface area (Å²) in [5.74, 6) is -1.18. The monoisotopic (exact) mass is 369 g/mol. The van der Waals surface area contributed by atoms with Crippen molar-refractivity contribution in [3.63, 3.8) is 0 Å². The molecular weight excluding hydrogens is 358 g/mol. The van der Waals surface area contributed by atoms with Gasteiger partial charge in [0.25, 0.3) is 10.0 Å². The van der Waals surface area contributed by atoms with Crippen LogP contribution in [0.1, 0.15) is 15.9 Å². The summed E-state index contributed by atoms with van der Waals surface area (Å²) in [4.78, 5) is 11.3. The topological polar surface area (TPSA) is 83.5 Å². The molecular formula is C14H12BrNO4S. The van der Waals surface area contributed by atoms with Crippen LogP contribution in [0.5, 0.6) is 0 Å². The molecule has 0 heterocycles. The minimum Gasteiger partial charge on any atom is -0.478 e. The van der Waals surface area contributed by atoms with Gasteiger partial charge in [-0.15, -0.1) is 0 Å². The molecule has 0 amide bonds. The van der Waals surface area contributed by atoms with Crippen LogP contribution in [0.15, 0.2) is 51.8 Å². The number of halogens is 1. The fraction of sp³-hybridized carbons (Fsp3) is 0.0714. The van der Waals surface area contributed by atoms with Crippen LogP contribution < -0.4 is 4.72 Å². The Balaban J connectivity index is 2.44. The molecule has 0 unspecified atom stereocenters. The van der Waals surface area contributed by atoms with E-state index in [1.165, 1.54) is 18.2 Å². The van der Waals surface area contributed by atoms with Gasteiger partial charge in [-0.3, -0.25) is 4.72 Å². The molecule has 0 saturated carbocycles. The van der Waals surface area contributed by atoms with E-state index in [1.54, 1.807) is 31.2 Å². The lowest BCUT2D eigenvalue weighted by molar-refractivity contribution is 0.0697. The fourth-order valence-electron chi connectivity index (χ4n) is 1.85. The minimum atomic E-state index is -3.84. The summed E-state index contributed by atoms with van der Waals surface area (Å²) in [6.45, 7) is 1.61. The van der Waals surface area contributed by atoms with Crippen molar-refractivity contribution in [2.45, 2.75) is 11.8 Å². The predicted molar refractivity (Wildman–Crippen MR) is 83.1 cm³/mol. The third-order valence-electron chi connectivity index (χ3n) is 2.85. The quantitative estimate of drug-likeness (QED) is 0.866. The number of carboxylic acids is 1. The molecule has 0 saturated heterocycles. The van der Waals surface area contributed by atoms with Crippen LogP contribution >= 0.6 is 15.9 Å². The number of carboxylic acid groups (broad SMARTS) is 1. The highest BCUT2D eigenvalue weighted by atomic mass is 79.9. The van der Waals surface area contributed by atoms with Crippen molar-refractivity contribution >= 4 is 37.6 Å². The summed E-state index contributed by atoms with van der Waals surface area (Å²) >= 11 is 3.23. The minimum absolute atomic E-state index is 0.0467. The largest absolute Gasteiger partial charge is 0.478 e. The Hall–Kier alpha value is -1.86. The Morgan fingerprint density at radius 1 is 1.14 bits per heavy atom. The molecule has 2 rings (SSSR count). The van der Waals surface area contributed by atoms with Crippen LogP contribution in [0.4, 0.5) is 5.69 Å². The summed E-state index contributed by atoms with van der Waals surface area (Å²) in [5, 5.41) is 9.21. The van der Waals surface area contributed by atoms with Crippen molar-refractivity contribution in [3.05, 3.63) is 58.1 Å². The number of aromatic carboxylic acids is 1. The number of rotatable bonds is 4. The summed E-state index contributed by atoms with van der Waals surface area (Å²) in [6.07, 6.45) is 0. The average Bonchev–Trinajstić information content (AvgIpc) is 2.38. The summed E-state index contributed by atoms with van der Waals surface area (Å²) in [5.41, 5.74) is 0.474. The second-order valence-corrected chi connectivity index (χ2v) is 6.96. The summed E-state index contributed by atoms with van der Waals surface area (Å²) in [7, 11) is -3.84. The molecule has 0 atom stereocenters. The molecule has 0 aliphatic carbocycles. The molecule has 2 N–H and O–H groups in total. The van der Waals surface area contributed by atoms with E-state index < -0.39 is 16.0 Å². The highest BCUT2D eigenvalue weighted by Crippen LogP contribution is 2.23. The summed E-state index contributed by atoms with van der Waals surface area (Å²) < 4.78 is 27.6. The molecule has 2 aromatic carbocycles. The Bertz CT molecular complexity index is 785. The molecule has 5 nitrogen and oxygen atoms in total. The van der Waals surface area contributed by atoms with Crippen LogP contribution in [-0.4, -0.2) is 19.5 Å². The first-order valence-corrected chi connectivity index (χ1v) is 8.20. The number of nitrogens with one attached hydrogen (secondary N) is 1. The zero-order valence-electron chi connectivity index (χ0n) is 11.0. The van der Waals surface area contributed by atoms with Gasteiger partial charge in [0, 0.05) is 4.47 Å².